The summed E-state index contributed by atoms with van der Waals surface area (Å²) in [5, 5.41) is 1.06. The average Bonchev–Trinajstić information content (AvgIpc) is 2.90. The number of carbonyl (C=O) groups is 2. The predicted octanol–water partition coefficient (Wildman–Crippen LogP) is 5.05. The van der Waals surface area contributed by atoms with E-state index in [1.807, 2.05) is 42.5 Å². The van der Waals surface area contributed by atoms with Crippen LogP contribution in [0.4, 0.5) is 0 Å². The van der Waals surface area contributed by atoms with Gasteiger partial charge in [-0.1, -0.05) is 49.0 Å². The molecule has 36 heavy (non-hydrogen) atoms. The number of ether oxygens (including phenoxy) is 3. The van der Waals surface area contributed by atoms with Crippen LogP contribution in [0.5, 0.6) is 0 Å². The lowest BCUT2D eigenvalue weighted by Gasteiger charge is -2.40. The number of fused-ring (bicyclic) bond motifs is 1. The molecular weight excluding hydrogens is 480 g/mol. The van der Waals surface area contributed by atoms with Gasteiger partial charge in [-0.05, 0) is 24.1 Å². The second-order valence-electron chi connectivity index (χ2n) is 8.80. The molecule has 4 rings (SSSR count). The van der Waals surface area contributed by atoms with Gasteiger partial charge < -0.3 is 18.6 Å². The van der Waals surface area contributed by atoms with Crippen molar-refractivity contribution in [3.05, 3.63) is 77.0 Å². The number of hydrogen-bond donors (Lipinski definition) is 0. The van der Waals surface area contributed by atoms with E-state index in [0.29, 0.717) is 40.8 Å². The zero-order valence-corrected chi connectivity index (χ0v) is 21.1. The topological polar surface area (TPSA) is 92.0 Å². The summed E-state index contributed by atoms with van der Waals surface area (Å²) in [6, 6.07) is 16.8. The summed E-state index contributed by atoms with van der Waals surface area (Å²) in [5.41, 5.74) is 2.90. The second-order valence-corrected chi connectivity index (χ2v) is 12.3. The molecular formula is C28H30O7S. The maximum atomic E-state index is 13.1. The van der Waals surface area contributed by atoms with Crippen LogP contribution in [0.2, 0.25) is 0 Å². The first-order valence-electron chi connectivity index (χ1n) is 11.8. The van der Waals surface area contributed by atoms with Crippen molar-refractivity contribution in [2.24, 2.45) is 0 Å². The Kier molecular flexibility index (Phi) is 8.28. The second kappa shape index (κ2) is 11.6. The molecule has 0 aliphatic carbocycles. The predicted molar refractivity (Wildman–Crippen MR) is 140 cm³/mol. The summed E-state index contributed by atoms with van der Waals surface area (Å²) < 4.78 is 22.7. The maximum absolute atomic E-state index is 13.1. The fourth-order valence-electron chi connectivity index (χ4n) is 3.96. The molecule has 0 unspecified atom stereocenters. The fraction of sp³-hybridized carbons (Fsp3) is 0.321. The molecule has 1 aliphatic heterocycles. The zero-order valence-electron chi connectivity index (χ0n) is 20.3. The number of rotatable bonds is 9. The van der Waals surface area contributed by atoms with Crippen molar-refractivity contribution in [2.75, 3.05) is 37.3 Å². The third kappa shape index (κ3) is 6.06. The van der Waals surface area contributed by atoms with Gasteiger partial charge in [0.1, 0.15) is 18.1 Å². The Hall–Kier alpha value is -3.36. The minimum Gasteiger partial charge on any atom is -0.461 e. The first kappa shape index (κ1) is 25.7. The molecule has 1 aliphatic rings. The Bertz CT molecular complexity index is 1310. The van der Waals surface area contributed by atoms with Crippen LogP contribution < -0.4 is 5.43 Å². The lowest BCUT2D eigenvalue weighted by Crippen LogP contribution is -2.28. The zero-order chi connectivity index (χ0) is 25.5. The Morgan fingerprint density at radius 2 is 1.67 bits per heavy atom. The van der Waals surface area contributed by atoms with E-state index >= 15 is 0 Å². The number of para-hydroxylation sites is 1. The van der Waals surface area contributed by atoms with E-state index in [4.69, 9.17) is 18.6 Å². The molecule has 0 spiro atoms. The normalized spacial score (nSPS) is 15.7. The highest BCUT2D eigenvalue weighted by Crippen LogP contribution is 2.57. The highest BCUT2D eigenvalue weighted by molar-refractivity contribution is 8.33. The lowest BCUT2D eigenvalue weighted by molar-refractivity contribution is -0.148. The van der Waals surface area contributed by atoms with Crippen LogP contribution in [-0.4, -0.2) is 49.2 Å². The van der Waals surface area contributed by atoms with Crippen LogP contribution in [0, 0.1) is 0 Å². The quantitative estimate of drug-likeness (QED) is 0.294. The third-order valence-corrected chi connectivity index (χ3v) is 9.46. The molecule has 1 fully saturated rings. The van der Waals surface area contributed by atoms with Gasteiger partial charge in [-0.2, -0.15) is 0 Å². The third-order valence-electron chi connectivity index (χ3n) is 5.94. The van der Waals surface area contributed by atoms with Crippen LogP contribution in [-0.2, 0) is 23.8 Å². The molecule has 8 heteroatoms. The van der Waals surface area contributed by atoms with Crippen molar-refractivity contribution in [2.45, 2.75) is 24.9 Å². The fourth-order valence-corrected chi connectivity index (χ4v) is 6.77. The first-order valence-corrected chi connectivity index (χ1v) is 13.9. The summed E-state index contributed by atoms with van der Waals surface area (Å²) in [5.74, 6) is 0.370. The van der Waals surface area contributed by atoms with E-state index in [2.05, 4.69) is 6.58 Å². The Labute approximate surface area is 211 Å². The summed E-state index contributed by atoms with van der Waals surface area (Å²) in [6.45, 7) is 6.54. The average molecular weight is 511 g/mol. The molecule has 0 atom stereocenters. The molecule has 3 aromatic rings. The summed E-state index contributed by atoms with van der Waals surface area (Å²) in [6.07, 6.45) is -0.149. The monoisotopic (exact) mass is 510 g/mol. The summed E-state index contributed by atoms with van der Waals surface area (Å²) in [7, 11) is -1.81. The molecule has 0 bridgehead atoms. The van der Waals surface area contributed by atoms with Gasteiger partial charge in [0, 0.05) is 23.1 Å². The molecule has 0 N–H and O–H groups in total. The number of benzene rings is 2. The SMILES string of the molecule is C=C(C)COC(=O)CCC(=O)OCS1(c2cc(=O)c3cccc(-c4ccccc4)c3o2)CCOCC1. The highest BCUT2D eigenvalue weighted by atomic mass is 32.3. The van der Waals surface area contributed by atoms with Crippen molar-refractivity contribution in [3.63, 3.8) is 0 Å². The van der Waals surface area contributed by atoms with E-state index in [9.17, 15) is 14.4 Å². The van der Waals surface area contributed by atoms with E-state index in [0.717, 1.165) is 16.7 Å². The molecule has 0 amide bonds. The van der Waals surface area contributed by atoms with Crippen molar-refractivity contribution >= 4 is 32.9 Å². The number of carbonyl (C=O) groups excluding carboxylic acids is 2. The van der Waals surface area contributed by atoms with Gasteiger partial charge >= 0.3 is 11.9 Å². The standard InChI is InChI=1S/C28H30O7S/c1-20(2)18-33-25(30)11-12-26(31)34-19-36(15-13-32-14-16-36)27-17-24(29)23-10-6-9-22(28(23)35-27)21-7-4-3-5-8-21/h3-10,17H,1,11-16,18-19H2,2H3. The van der Waals surface area contributed by atoms with Gasteiger partial charge in [-0.25, -0.2) is 0 Å². The molecule has 0 radical (unpaired) electrons. The number of hydrogen-bond acceptors (Lipinski definition) is 7. The van der Waals surface area contributed by atoms with E-state index in [1.54, 1.807) is 19.1 Å². The summed E-state index contributed by atoms with van der Waals surface area (Å²) >= 11 is 0. The van der Waals surface area contributed by atoms with Gasteiger partial charge in [-0.15, -0.1) is 10.0 Å². The van der Waals surface area contributed by atoms with Gasteiger partial charge in [0.05, 0.1) is 31.4 Å². The van der Waals surface area contributed by atoms with Crippen molar-refractivity contribution in [1.29, 1.82) is 0 Å². The Morgan fingerprint density at radius 3 is 2.36 bits per heavy atom. The molecule has 2 heterocycles. The highest BCUT2D eigenvalue weighted by Gasteiger charge is 2.34. The molecule has 0 saturated carbocycles. The molecule has 7 nitrogen and oxygen atoms in total. The van der Waals surface area contributed by atoms with E-state index < -0.39 is 22.0 Å². The van der Waals surface area contributed by atoms with Crippen molar-refractivity contribution in [3.8, 4) is 11.1 Å². The Morgan fingerprint density at radius 1 is 0.972 bits per heavy atom. The number of esters is 2. The van der Waals surface area contributed by atoms with Gasteiger partial charge in [0.25, 0.3) is 0 Å². The van der Waals surface area contributed by atoms with Crippen LogP contribution >= 0.6 is 10.0 Å². The van der Waals surface area contributed by atoms with Crippen LogP contribution in [0.3, 0.4) is 0 Å². The van der Waals surface area contributed by atoms with Gasteiger partial charge in [0.15, 0.2) is 10.5 Å². The van der Waals surface area contributed by atoms with E-state index in [-0.39, 0.29) is 30.8 Å². The maximum Gasteiger partial charge on any atom is 0.307 e. The van der Waals surface area contributed by atoms with Crippen molar-refractivity contribution < 1.29 is 28.2 Å². The molecule has 2 aromatic carbocycles. The van der Waals surface area contributed by atoms with E-state index in [1.165, 1.54) is 0 Å². The molecule has 190 valence electrons. The van der Waals surface area contributed by atoms with Gasteiger partial charge in [-0.3, -0.25) is 14.4 Å². The lowest BCUT2D eigenvalue weighted by atomic mass is 10.0. The minimum absolute atomic E-state index is 0.0664. The Balaban J connectivity index is 1.58. The van der Waals surface area contributed by atoms with Crippen LogP contribution in [0.25, 0.3) is 22.1 Å². The van der Waals surface area contributed by atoms with Crippen LogP contribution in [0.15, 0.2) is 81.1 Å². The van der Waals surface area contributed by atoms with Crippen molar-refractivity contribution in [1.82, 2.24) is 0 Å². The van der Waals surface area contributed by atoms with Crippen LogP contribution in [0.1, 0.15) is 19.8 Å². The molecule has 1 saturated heterocycles. The van der Waals surface area contributed by atoms with Gasteiger partial charge in [0.2, 0.25) is 0 Å². The molecule has 1 aromatic heterocycles. The first-order chi connectivity index (χ1) is 17.4. The largest absolute Gasteiger partial charge is 0.461 e. The minimum atomic E-state index is -1.81. The smallest absolute Gasteiger partial charge is 0.307 e. The summed E-state index contributed by atoms with van der Waals surface area (Å²) in [4.78, 5) is 37.4.